The van der Waals surface area contributed by atoms with Crippen molar-refractivity contribution in [2.75, 3.05) is 18.8 Å². The van der Waals surface area contributed by atoms with Gasteiger partial charge in [0.2, 0.25) is 35.9 Å². The summed E-state index contributed by atoms with van der Waals surface area (Å²) in [5.41, 5.74) is 5.52. The van der Waals surface area contributed by atoms with Gasteiger partial charge in [-0.25, -0.2) is 5.48 Å². The summed E-state index contributed by atoms with van der Waals surface area (Å²) in [4.78, 5) is 73.3. The molecule has 0 aliphatic carbocycles. The van der Waals surface area contributed by atoms with Crippen LogP contribution in [0.25, 0.3) is 0 Å². The molecule has 4 aromatic carbocycles. The number of hydroxylamine groups is 1. The first-order valence-corrected chi connectivity index (χ1v) is 21.8. The van der Waals surface area contributed by atoms with Crippen LogP contribution in [0.1, 0.15) is 83.6 Å². The molecule has 0 saturated carbocycles. The van der Waals surface area contributed by atoms with E-state index >= 15 is 0 Å². The monoisotopic (exact) mass is 870 g/mol. The number of carbonyl (C=O) groups excluding carboxylic acids is 6. The zero-order chi connectivity index (χ0) is 46.3. The van der Waals surface area contributed by atoms with Gasteiger partial charge in [0.25, 0.3) is 0 Å². The van der Waals surface area contributed by atoms with Crippen LogP contribution in [0.15, 0.2) is 121 Å². The summed E-state index contributed by atoms with van der Waals surface area (Å²) in [7, 11) is 0. The van der Waals surface area contributed by atoms with Crippen molar-refractivity contribution in [3.05, 3.63) is 144 Å². The van der Waals surface area contributed by atoms with Gasteiger partial charge in [0.05, 0.1) is 17.8 Å². The minimum Gasteiger partial charge on any atom is -0.352 e. The lowest BCUT2D eigenvalue weighted by Crippen LogP contribution is -2.54. The number of rotatable bonds is 19. The van der Waals surface area contributed by atoms with E-state index in [0.717, 1.165) is 16.7 Å². The van der Waals surface area contributed by atoms with E-state index in [1.54, 1.807) is 6.92 Å². The van der Waals surface area contributed by atoms with Gasteiger partial charge in [0, 0.05) is 18.2 Å². The molecule has 2 unspecified atom stereocenters. The van der Waals surface area contributed by atoms with Crippen LogP contribution in [0.4, 0.5) is 0 Å². The van der Waals surface area contributed by atoms with Crippen LogP contribution in [0, 0.1) is 12.8 Å². The first kappa shape index (κ1) is 54.0. The SMILES string of the molecule is CC.CCC(=O)NC(CC(C)C)C(=O)NCC(=O)NC(CSC(c1ccccc1)(c1ccccc1)c1ccccc1)C(=O)NCC(=O)NC(C)C.Cc1ccccc1.O=CNO. The standard InChI is InChI=1S/C38H49N5O5S.C7H8.C2H6.CH3NO2/c1-6-33(44)42-31(22-26(2)3)36(47)39-24-35(46)43-32(37(48)40-23-34(45)41-27(4)5)25-49-38(28-16-10-7-11-17-28,29-18-12-8-13-19-29)30-20-14-9-15-21-30;1-7-5-3-2-4-6-7;1-2;3-1-2-4/h7-21,26-27,31-32H,6,22-25H2,1-5H3,(H,39,47)(H,40,48)(H,41,45)(H,42,44)(H,43,46);2-6H,1H3;1-2H3;1,4H,(H,2,3). The van der Waals surface area contributed by atoms with Crippen molar-refractivity contribution < 1.29 is 34.0 Å². The summed E-state index contributed by atoms with van der Waals surface area (Å²) >= 11 is 1.49. The van der Waals surface area contributed by atoms with Crippen molar-refractivity contribution in [1.82, 2.24) is 32.1 Å². The molecule has 4 rings (SSSR count). The molecular formula is C48H66N6O7S. The Bertz CT molecular complexity index is 1790. The molecule has 0 aliphatic heterocycles. The summed E-state index contributed by atoms with van der Waals surface area (Å²) in [6.45, 7) is 14.6. The third kappa shape index (κ3) is 20.0. The molecule has 0 aliphatic rings. The molecule has 6 amide bonds. The van der Waals surface area contributed by atoms with Crippen LogP contribution >= 0.6 is 11.8 Å². The molecule has 2 atom stereocenters. The second kappa shape index (κ2) is 30.9. The Morgan fingerprint density at radius 1 is 0.613 bits per heavy atom. The number of benzene rings is 4. The topological polar surface area (TPSA) is 195 Å². The minimum atomic E-state index is -1.07. The number of carbonyl (C=O) groups is 6. The van der Waals surface area contributed by atoms with Crippen molar-refractivity contribution in [3.8, 4) is 0 Å². The Labute approximate surface area is 372 Å². The molecule has 4 aromatic rings. The lowest BCUT2D eigenvalue weighted by molar-refractivity contribution is -0.132. The number of hydrogen-bond acceptors (Lipinski definition) is 8. The highest BCUT2D eigenvalue weighted by Gasteiger charge is 2.38. The van der Waals surface area contributed by atoms with E-state index in [4.69, 9.17) is 10.0 Å². The maximum Gasteiger partial charge on any atom is 0.243 e. The van der Waals surface area contributed by atoms with E-state index in [9.17, 15) is 24.0 Å². The number of nitrogens with one attached hydrogen (secondary N) is 6. The van der Waals surface area contributed by atoms with E-state index in [1.807, 2.05) is 151 Å². The van der Waals surface area contributed by atoms with E-state index in [1.165, 1.54) is 22.8 Å². The summed E-state index contributed by atoms with van der Waals surface area (Å²) in [5, 5.41) is 20.8. The highest BCUT2D eigenvalue weighted by molar-refractivity contribution is 8.00. The smallest absolute Gasteiger partial charge is 0.243 e. The fourth-order valence-corrected chi connectivity index (χ4v) is 7.45. The first-order chi connectivity index (χ1) is 29.8. The van der Waals surface area contributed by atoms with Crippen LogP contribution in [-0.2, 0) is 33.5 Å². The molecule has 336 valence electrons. The molecular weight excluding hydrogens is 805 g/mol. The molecule has 0 spiro atoms. The zero-order valence-corrected chi connectivity index (χ0v) is 38.1. The molecule has 7 N–H and O–H groups in total. The van der Waals surface area contributed by atoms with Gasteiger partial charge >= 0.3 is 0 Å². The Hall–Kier alpha value is -5.99. The number of hydrogen-bond donors (Lipinski definition) is 7. The third-order valence-corrected chi connectivity index (χ3v) is 10.3. The molecule has 0 fully saturated rings. The Morgan fingerprint density at radius 3 is 1.32 bits per heavy atom. The fourth-order valence-electron chi connectivity index (χ4n) is 5.89. The summed E-state index contributed by atoms with van der Waals surface area (Å²) in [5.74, 6) is -1.98. The van der Waals surface area contributed by atoms with Gasteiger partial charge in [-0.15, -0.1) is 11.8 Å². The van der Waals surface area contributed by atoms with Crippen molar-refractivity contribution in [2.45, 2.75) is 91.1 Å². The summed E-state index contributed by atoms with van der Waals surface area (Å²) < 4.78 is -0.766. The zero-order valence-electron chi connectivity index (χ0n) is 37.3. The van der Waals surface area contributed by atoms with Crippen molar-refractivity contribution in [1.29, 1.82) is 0 Å². The molecule has 13 nitrogen and oxygen atoms in total. The molecule has 0 saturated heterocycles. The lowest BCUT2D eigenvalue weighted by atomic mass is 9.84. The lowest BCUT2D eigenvalue weighted by Gasteiger charge is -2.36. The van der Waals surface area contributed by atoms with Crippen molar-refractivity contribution >= 4 is 47.7 Å². The van der Waals surface area contributed by atoms with Crippen LogP contribution in [0.3, 0.4) is 0 Å². The third-order valence-electron chi connectivity index (χ3n) is 8.63. The van der Waals surface area contributed by atoms with Gasteiger partial charge in [-0.05, 0) is 49.8 Å². The summed E-state index contributed by atoms with van der Waals surface area (Å²) in [6, 6.07) is 38.2. The fraction of sp³-hybridized carbons (Fsp3) is 0.375. The minimum absolute atomic E-state index is 0.107. The Morgan fingerprint density at radius 2 is 0.984 bits per heavy atom. The van der Waals surface area contributed by atoms with E-state index in [-0.39, 0.29) is 48.9 Å². The van der Waals surface area contributed by atoms with E-state index in [2.05, 4.69) is 45.6 Å². The molecule has 0 heterocycles. The number of thioether (sulfide) groups is 1. The van der Waals surface area contributed by atoms with Gasteiger partial charge in [0.1, 0.15) is 12.1 Å². The molecule has 62 heavy (non-hydrogen) atoms. The highest BCUT2D eigenvalue weighted by Crippen LogP contribution is 2.48. The van der Waals surface area contributed by atoms with Crippen LogP contribution in [-0.4, -0.2) is 78.1 Å². The predicted molar refractivity (Wildman–Crippen MR) is 248 cm³/mol. The predicted octanol–water partition coefficient (Wildman–Crippen LogP) is 6.04. The number of aryl methyl sites for hydroxylation is 1. The van der Waals surface area contributed by atoms with Crippen LogP contribution in [0.2, 0.25) is 0 Å². The average Bonchev–Trinajstić information content (AvgIpc) is 3.28. The van der Waals surface area contributed by atoms with Crippen LogP contribution in [0.5, 0.6) is 0 Å². The Kier molecular flexibility index (Phi) is 27.0. The molecule has 0 bridgehead atoms. The Balaban J connectivity index is 0.00000128. The summed E-state index contributed by atoms with van der Waals surface area (Å²) in [6.07, 6.45) is 0.808. The van der Waals surface area contributed by atoms with E-state index < -0.39 is 41.1 Å². The van der Waals surface area contributed by atoms with Gasteiger partial charge in [-0.3, -0.25) is 34.0 Å². The van der Waals surface area contributed by atoms with Gasteiger partial charge in [-0.2, -0.15) is 0 Å². The van der Waals surface area contributed by atoms with E-state index in [0.29, 0.717) is 6.42 Å². The molecule has 14 heteroatoms. The van der Waals surface area contributed by atoms with Gasteiger partial charge in [0.15, 0.2) is 0 Å². The van der Waals surface area contributed by atoms with Crippen molar-refractivity contribution in [2.24, 2.45) is 5.92 Å². The second-order valence-corrected chi connectivity index (χ2v) is 15.6. The van der Waals surface area contributed by atoms with Gasteiger partial charge in [-0.1, -0.05) is 162 Å². The van der Waals surface area contributed by atoms with Gasteiger partial charge < -0.3 is 26.6 Å². The second-order valence-electron chi connectivity index (χ2n) is 14.4. The maximum absolute atomic E-state index is 13.7. The molecule has 0 radical (unpaired) electrons. The largest absolute Gasteiger partial charge is 0.352 e. The quantitative estimate of drug-likeness (QED) is 0.0257. The molecule has 0 aromatic heterocycles. The first-order valence-electron chi connectivity index (χ1n) is 20.9. The maximum atomic E-state index is 13.7. The average molecular weight is 871 g/mol. The van der Waals surface area contributed by atoms with Crippen molar-refractivity contribution in [3.63, 3.8) is 0 Å². The normalized spacial score (nSPS) is 11.3. The highest BCUT2D eigenvalue weighted by atomic mass is 32.2. The van der Waals surface area contributed by atoms with Crippen LogP contribution < -0.4 is 32.1 Å². The number of amides is 6.